The average molecular weight is 275 g/mol. The van der Waals surface area contributed by atoms with E-state index in [-0.39, 0.29) is 0 Å². The molecule has 1 aromatic carbocycles. The number of nitrogens with zero attached hydrogens (tertiary/aromatic N) is 1. The van der Waals surface area contributed by atoms with Gasteiger partial charge in [-0.2, -0.15) is 0 Å². The second-order valence-corrected chi connectivity index (χ2v) is 4.39. The van der Waals surface area contributed by atoms with E-state index in [9.17, 15) is 9.59 Å². The fourth-order valence-electron chi connectivity index (χ4n) is 1.85. The van der Waals surface area contributed by atoms with Crippen molar-refractivity contribution < 1.29 is 4.74 Å². The van der Waals surface area contributed by atoms with Crippen molar-refractivity contribution in [3.8, 4) is 0 Å². The number of pyridine rings is 1. The van der Waals surface area contributed by atoms with E-state index < -0.39 is 10.9 Å². The summed E-state index contributed by atoms with van der Waals surface area (Å²) in [6.07, 6.45) is 4.14. The molecule has 0 amide bonds. The first kappa shape index (κ1) is 14.2. The lowest BCUT2D eigenvalue weighted by Gasteiger charge is -2.14. The summed E-state index contributed by atoms with van der Waals surface area (Å²) in [7, 11) is 1.62. The first-order valence-corrected chi connectivity index (χ1v) is 6.43. The Morgan fingerprint density at radius 1 is 1.10 bits per heavy atom. The molecule has 6 heteroatoms. The van der Waals surface area contributed by atoms with Gasteiger partial charge in [-0.3, -0.25) is 14.6 Å². The molecule has 0 spiro atoms. The normalized spacial score (nSPS) is 10.7. The summed E-state index contributed by atoms with van der Waals surface area (Å²) in [5.74, 6) is 0. The smallest absolute Gasteiger partial charge is 0.253 e. The Labute approximate surface area is 116 Å². The zero-order chi connectivity index (χ0) is 14.4. The third kappa shape index (κ3) is 3.21. The van der Waals surface area contributed by atoms with Gasteiger partial charge in [-0.15, -0.1) is 0 Å². The predicted molar refractivity (Wildman–Crippen MR) is 77.9 cm³/mol. The zero-order valence-electron chi connectivity index (χ0n) is 11.3. The SMILES string of the molecule is COCCCNc1c(NCc2ccncc2)c(=O)c1=O. The van der Waals surface area contributed by atoms with Crippen LogP contribution in [0.5, 0.6) is 0 Å². The van der Waals surface area contributed by atoms with Gasteiger partial charge in [-0.1, -0.05) is 0 Å². The van der Waals surface area contributed by atoms with Crippen LogP contribution >= 0.6 is 0 Å². The fraction of sp³-hybridized carbons (Fsp3) is 0.357. The molecular weight excluding hydrogens is 258 g/mol. The first-order chi connectivity index (χ1) is 9.74. The van der Waals surface area contributed by atoms with Crippen LogP contribution in [0.3, 0.4) is 0 Å². The van der Waals surface area contributed by atoms with E-state index in [0.29, 0.717) is 31.1 Å². The van der Waals surface area contributed by atoms with Crippen LogP contribution in [0.4, 0.5) is 11.4 Å². The number of nitrogens with one attached hydrogen (secondary N) is 2. The number of rotatable bonds is 8. The van der Waals surface area contributed by atoms with Gasteiger partial charge in [-0.25, -0.2) is 0 Å². The molecule has 6 nitrogen and oxygen atoms in total. The molecule has 2 N–H and O–H groups in total. The lowest BCUT2D eigenvalue weighted by Crippen LogP contribution is -2.37. The van der Waals surface area contributed by atoms with Crippen molar-refractivity contribution in [1.82, 2.24) is 4.98 Å². The summed E-state index contributed by atoms with van der Waals surface area (Å²) in [6, 6.07) is 3.70. The highest BCUT2D eigenvalue weighted by molar-refractivity contribution is 5.73. The molecule has 0 bridgehead atoms. The third-order valence-electron chi connectivity index (χ3n) is 2.96. The quantitative estimate of drug-likeness (QED) is 0.546. The van der Waals surface area contributed by atoms with E-state index in [0.717, 1.165) is 12.0 Å². The van der Waals surface area contributed by atoms with Crippen LogP contribution in [0.1, 0.15) is 12.0 Å². The van der Waals surface area contributed by atoms with Crippen molar-refractivity contribution >= 4 is 11.4 Å². The highest BCUT2D eigenvalue weighted by Gasteiger charge is 2.19. The number of hydrogen-bond donors (Lipinski definition) is 2. The van der Waals surface area contributed by atoms with Crippen molar-refractivity contribution in [3.05, 3.63) is 50.5 Å². The van der Waals surface area contributed by atoms with E-state index in [1.54, 1.807) is 19.5 Å². The molecule has 0 fully saturated rings. The Bertz CT molecular complexity index is 618. The van der Waals surface area contributed by atoms with E-state index in [4.69, 9.17) is 4.74 Å². The maximum atomic E-state index is 11.5. The van der Waals surface area contributed by atoms with E-state index in [1.807, 2.05) is 12.1 Å². The summed E-state index contributed by atoms with van der Waals surface area (Å²) >= 11 is 0. The minimum Gasteiger partial charge on any atom is -0.385 e. The molecule has 0 aliphatic rings. The Morgan fingerprint density at radius 2 is 1.75 bits per heavy atom. The molecule has 2 aromatic rings. The molecule has 1 aromatic heterocycles. The van der Waals surface area contributed by atoms with Gasteiger partial charge in [0, 0.05) is 39.2 Å². The molecule has 0 atom stereocenters. The number of aromatic nitrogens is 1. The van der Waals surface area contributed by atoms with E-state index >= 15 is 0 Å². The molecule has 0 aliphatic carbocycles. The second kappa shape index (κ2) is 6.81. The Kier molecular flexibility index (Phi) is 4.84. The van der Waals surface area contributed by atoms with Crippen LogP contribution < -0.4 is 21.5 Å². The van der Waals surface area contributed by atoms with Crippen LogP contribution in [0, 0.1) is 0 Å². The maximum Gasteiger partial charge on any atom is 0.253 e. The van der Waals surface area contributed by atoms with Gasteiger partial charge >= 0.3 is 0 Å². The van der Waals surface area contributed by atoms with Crippen LogP contribution in [-0.4, -0.2) is 25.2 Å². The third-order valence-corrected chi connectivity index (χ3v) is 2.96. The van der Waals surface area contributed by atoms with E-state index in [1.165, 1.54) is 0 Å². The highest BCUT2D eigenvalue weighted by Crippen LogP contribution is 2.15. The van der Waals surface area contributed by atoms with Crippen molar-refractivity contribution in [1.29, 1.82) is 0 Å². The number of hydrogen-bond acceptors (Lipinski definition) is 6. The fourth-order valence-corrected chi connectivity index (χ4v) is 1.85. The Balaban J connectivity index is 1.93. The molecule has 106 valence electrons. The minimum atomic E-state index is -0.465. The predicted octanol–water partition coefficient (Wildman–Crippen LogP) is 0.738. The minimum absolute atomic E-state index is 0.365. The first-order valence-electron chi connectivity index (χ1n) is 6.43. The summed E-state index contributed by atoms with van der Waals surface area (Å²) < 4.78 is 4.93. The van der Waals surface area contributed by atoms with Crippen LogP contribution in [0.15, 0.2) is 34.1 Å². The molecular formula is C14H17N3O3. The molecule has 20 heavy (non-hydrogen) atoms. The van der Waals surface area contributed by atoms with Crippen LogP contribution in [-0.2, 0) is 11.3 Å². The van der Waals surface area contributed by atoms with Crippen molar-refractivity contribution in [2.75, 3.05) is 30.9 Å². The van der Waals surface area contributed by atoms with Gasteiger partial charge in [0.2, 0.25) is 0 Å². The standard InChI is InChI=1S/C14H17N3O3/c1-20-8-2-5-16-11-12(14(19)13(11)18)17-9-10-3-6-15-7-4-10/h3-4,6-7,16-17H,2,5,8-9H2,1H3. The van der Waals surface area contributed by atoms with Crippen molar-refractivity contribution in [2.24, 2.45) is 0 Å². The largest absolute Gasteiger partial charge is 0.385 e. The summed E-state index contributed by atoms with van der Waals surface area (Å²) in [5, 5.41) is 5.97. The van der Waals surface area contributed by atoms with Gasteiger partial charge in [0.05, 0.1) is 0 Å². The monoisotopic (exact) mass is 275 g/mol. The van der Waals surface area contributed by atoms with Crippen LogP contribution in [0.25, 0.3) is 0 Å². The topological polar surface area (TPSA) is 80.3 Å². The van der Waals surface area contributed by atoms with Crippen LogP contribution in [0.2, 0.25) is 0 Å². The lowest BCUT2D eigenvalue weighted by molar-refractivity contribution is 0.198. The number of anilines is 2. The van der Waals surface area contributed by atoms with Gasteiger partial charge in [0.1, 0.15) is 11.4 Å². The van der Waals surface area contributed by atoms with Gasteiger partial charge in [-0.05, 0) is 24.1 Å². The van der Waals surface area contributed by atoms with E-state index in [2.05, 4.69) is 15.6 Å². The van der Waals surface area contributed by atoms with Gasteiger partial charge in [0.25, 0.3) is 10.9 Å². The molecule has 1 heterocycles. The van der Waals surface area contributed by atoms with Crippen molar-refractivity contribution in [2.45, 2.75) is 13.0 Å². The number of methoxy groups -OCH3 is 1. The molecule has 0 saturated heterocycles. The summed E-state index contributed by atoms with van der Waals surface area (Å²) in [5.41, 5.74) is 0.815. The average Bonchev–Trinajstić information content (AvgIpc) is 2.50. The lowest BCUT2D eigenvalue weighted by atomic mass is 10.1. The molecule has 0 saturated carbocycles. The van der Waals surface area contributed by atoms with Gasteiger partial charge < -0.3 is 15.4 Å². The molecule has 0 aliphatic heterocycles. The summed E-state index contributed by atoms with van der Waals surface area (Å²) in [4.78, 5) is 27.0. The Hall–Kier alpha value is -2.21. The van der Waals surface area contributed by atoms with Gasteiger partial charge in [0.15, 0.2) is 0 Å². The molecule has 2 rings (SSSR count). The molecule has 0 unspecified atom stereocenters. The highest BCUT2D eigenvalue weighted by atomic mass is 16.5. The summed E-state index contributed by atoms with van der Waals surface area (Å²) in [6.45, 7) is 1.70. The number of ether oxygens (including phenoxy) is 1. The second-order valence-electron chi connectivity index (χ2n) is 4.39. The van der Waals surface area contributed by atoms with Crippen molar-refractivity contribution in [3.63, 3.8) is 0 Å². The Morgan fingerprint density at radius 3 is 2.40 bits per heavy atom. The maximum absolute atomic E-state index is 11.5. The molecule has 0 radical (unpaired) electrons. The zero-order valence-corrected chi connectivity index (χ0v) is 11.3.